The Kier molecular flexibility index (Phi) is 3.04. The Hall–Kier alpha value is -1.61. The highest BCUT2D eigenvalue weighted by atomic mass is 79.9. The van der Waals surface area contributed by atoms with Crippen LogP contribution in [-0.4, -0.2) is 12.0 Å². The van der Waals surface area contributed by atoms with E-state index < -0.39 is 4.92 Å². The van der Waals surface area contributed by atoms with Crippen molar-refractivity contribution in [3.05, 3.63) is 32.3 Å². The Labute approximate surface area is 88.2 Å². The van der Waals surface area contributed by atoms with Crippen molar-refractivity contribution in [1.29, 1.82) is 5.26 Å². The van der Waals surface area contributed by atoms with E-state index in [4.69, 9.17) is 10.00 Å². The van der Waals surface area contributed by atoms with E-state index in [-0.39, 0.29) is 11.3 Å². The molecule has 0 radical (unpaired) electrons. The quantitative estimate of drug-likeness (QED) is 0.601. The molecule has 72 valence electrons. The monoisotopic (exact) mass is 256 g/mol. The summed E-state index contributed by atoms with van der Waals surface area (Å²) in [7, 11) is 1.42. The van der Waals surface area contributed by atoms with Crippen molar-refractivity contribution < 1.29 is 9.66 Å². The van der Waals surface area contributed by atoms with Crippen molar-refractivity contribution in [2.75, 3.05) is 7.11 Å². The lowest BCUT2D eigenvalue weighted by atomic mass is 10.2. The summed E-state index contributed by atoms with van der Waals surface area (Å²) in [6, 6.07) is 4.42. The van der Waals surface area contributed by atoms with Gasteiger partial charge in [-0.25, -0.2) is 0 Å². The first-order valence-electron chi connectivity index (χ1n) is 3.52. The van der Waals surface area contributed by atoms with Crippen LogP contribution in [0.25, 0.3) is 0 Å². The molecule has 0 N–H and O–H groups in total. The molecule has 6 heteroatoms. The third-order valence-electron chi connectivity index (χ3n) is 1.61. The maximum Gasteiger partial charge on any atom is 0.288 e. The summed E-state index contributed by atoms with van der Waals surface area (Å²) in [4.78, 5) is 9.92. The molecular weight excluding hydrogens is 252 g/mol. The highest BCUT2D eigenvalue weighted by Gasteiger charge is 2.19. The largest absolute Gasteiger partial charge is 0.496 e. The van der Waals surface area contributed by atoms with E-state index in [2.05, 4.69) is 15.9 Å². The molecular formula is C8H5BrN2O3. The van der Waals surface area contributed by atoms with Crippen molar-refractivity contribution in [2.45, 2.75) is 0 Å². The van der Waals surface area contributed by atoms with Gasteiger partial charge in [-0.05, 0) is 22.0 Å². The minimum Gasteiger partial charge on any atom is -0.496 e. The Morgan fingerprint density at radius 3 is 2.71 bits per heavy atom. The van der Waals surface area contributed by atoms with Crippen LogP contribution in [0, 0.1) is 21.4 Å². The van der Waals surface area contributed by atoms with E-state index >= 15 is 0 Å². The van der Waals surface area contributed by atoms with Crippen LogP contribution in [0.4, 0.5) is 5.69 Å². The highest BCUT2D eigenvalue weighted by molar-refractivity contribution is 9.10. The maximum absolute atomic E-state index is 10.5. The van der Waals surface area contributed by atoms with Crippen LogP contribution in [0.2, 0.25) is 0 Å². The molecule has 5 nitrogen and oxygen atoms in total. The first-order valence-corrected chi connectivity index (χ1v) is 4.32. The summed E-state index contributed by atoms with van der Waals surface area (Å²) in [5.74, 6) is 0.396. The van der Waals surface area contributed by atoms with Gasteiger partial charge >= 0.3 is 0 Å². The summed E-state index contributed by atoms with van der Waals surface area (Å²) >= 11 is 3.07. The van der Waals surface area contributed by atoms with Gasteiger partial charge in [0, 0.05) is 6.07 Å². The molecule has 0 amide bonds. The van der Waals surface area contributed by atoms with Crippen LogP contribution in [0.15, 0.2) is 16.6 Å². The molecule has 1 aromatic carbocycles. The molecule has 0 aliphatic heterocycles. The second-order valence-electron chi connectivity index (χ2n) is 2.34. The molecule has 0 aromatic heterocycles. The smallest absolute Gasteiger partial charge is 0.288 e. The van der Waals surface area contributed by atoms with Crippen molar-refractivity contribution in [2.24, 2.45) is 0 Å². The number of hydrogen-bond donors (Lipinski definition) is 0. The normalized spacial score (nSPS) is 9.21. The molecule has 0 aliphatic carbocycles. The molecule has 0 fully saturated rings. The second-order valence-corrected chi connectivity index (χ2v) is 3.14. The molecule has 0 bridgehead atoms. The van der Waals surface area contributed by atoms with Crippen LogP contribution in [0.1, 0.15) is 5.56 Å². The molecule has 0 atom stereocenters. The first kappa shape index (κ1) is 10.5. The average Bonchev–Trinajstić information content (AvgIpc) is 2.17. The third kappa shape index (κ3) is 1.67. The van der Waals surface area contributed by atoms with Crippen molar-refractivity contribution in [3.8, 4) is 11.8 Å². The van der Waals surface area contributed by atoms with E-state index in [0.29, 0.717) is 10.2 Å². The zero-order valence-corrected chi connectivity index (χ0v) is 8.74. The van der Waals surface area contributed by atoms with Gasteiger partial charge in [0.1, 0.15) is 17.4 Å². The van der Waals surface area contributed by atoms with E-state index in [9.17, 15) is 10.1 Å². The molecule has 0 saturated heterocycles. The molecule has 0 aliphatic rings. The summed E-state index contributed by atoms with van der Waals surface area (Å²) in [6.45, 7) is 0. The number of nitriles is 1. The number of nitrogens with zero attached hydrogens (tertiary/aromatic N) is 2. The molecule has 0 spiro atoms. The Morgan fingerprint density at radius 1 is 1.64 bits per heavy atom. The third-order valence-corrected chi connectivity index (χ3v) is 2.40. The Bertz CT molecular complexity index is 425. The van der Waals surface area contributed by atoms with E-state index in [1.807, 2.05) is 0 Å². The molecule has 0 saturated carbocycles. The van der Waals surface area contributed by atoms with Gasteiger partial charge in [0.15, 0.2) is 0 Å². The minimum atomic E-state index is -0.608. The van der Waals surface area contributed by atoms with Gasteiger partial charge in [0.2, 0.25) is 0 Å². The highest BCUT2D eigenvalue weighted by Crippen LogP contribution is 2.33. The lowest BCUT2D eigenvalue weighted by Gasteiger charge is -2.03. The fraction of sp³-hybridized carbons (Fsp3) is 0.125. The molecule has 1 rings (SSSR count). The number of benzene rings is 1. The standard InChI is InChI=1S/C8H5BrN2O3/c1-14-7-3-2-6(11(12)13)5(4-10)8(7)9/h2-3H,1H3. The van der Waals surface area contributed by atoms with Crippen molar-refractivity contribution in [1.82, 2.24) is 0 Å². The summed E-state index contributed by atoms with van der Waals surface area (Å²) in [5, 5.41) is 19.3. The van der Waals surface area contributed by atoms with Crippen LogP contribution in [0.5, 0.6) is 5.75 Å². The van der Waals surface area contributed by atoms with Gasteiger partial charge in [-0.3, -0.25) is 10.1 Å². The molecule has 0 heterocycles. The maximum atomic E-state index is 10.5. The lowest BCUT2D eigenvalue weighted by molar-refractivity contribution is -0.385. The van der Waals surface area contributed by atoms with Crippen molar-refractivity contribution in [3.63, 3.8) is 0 Å². The Morgan fingerprint density at radius 2 is 2.29 bits per heavy atom. The zero-order valence-electron chi connectivity index (χ0n) is 7.15. The van der Waals surface area contributed by atoms with Crippen LogP contribution in [-0.2, 0) is 0 Å². The predicted octanol–water partition coefficient (Wildman–Crippen LogP) is 2.24. The average molecular weight is 257 g/mol. The van der Waals surface area contributed by atoms with E-state index in [1.165, 1.54) is 19.2 Å². The number of nitro benzene ring substituents is 1. The van der Waals surface area contributed by atoms with Gasteiger partial charge in [0.25, 0.3) is 5.69 Å². The SMILES string of the molecule is COc1ccc([N+](=O)[O-])c(C#N)c1Br. The fourth-order valence-corrected chi connectivity index (χ4v) is 1.55. The number of methoxy groups -OCH3 is 1. The first-order chi connectivity index (χ1) is 6.61. The predicted molar refractivity (Wildman–Crippen MR) is 52.1 cm³/mol. The van der Waals surface area contributed by atoms with Crippen LogP contribution >= 0.6 is 15.9 Å². The van der Waals surface area contributed by atoms with Gasteiger partial charge in [-0.1, -0.05) is 0 Å². The zero-order chi connectivity index (χ0) is 10.7. The van der Waals surface area contributed by atoms with E-state index in [0.717, 1.165) is 0 Å². The van der Waals surface area contributed by atoms with Gasteiger partial charge in [0.05, 0.1) is 16.5 Å². The molecule has 14 heavy (non-hydrogen) atoms. The van der Waals surface area contributed by atoms with Crippen LogP contribution in [0.3, 0.4) is 0 Å². The summed E-state index contributed by atoms with van der Waals surface area (Å²) in [6.07, 6.45) is 0. The fourth-order valence-electron chi connectivity index (χ4n) is 0.963. The second kappa shape index (κ2) is 4.07. The summed E-state index contributed by atoms with van der Waals surface area (Å²) in [5.41, 5.74) is -0.269. The number of halogens is 1. The van der Waals surface area contributed by atoms with Gasteiger partial charge in [-0.2, -0.15) is 5.26 Å². The van der Waals surface area contributed by atoms with E-state index in [1.54, 1.807) is 6.07 Å². The van der Waals surface area contributed by atoms with Crippen molar-refractivity contribution >= 4 is 21.6 Å². The van der Waals surface area contributed by atoms with Crippen LogP contribution < -0.4 is 4.74 Å². The topological polar surface area (TPSA) is 76.2 Å². The number of ether oxygens (including phenoxy) is 1. The summed E-state index contributed by atoms with van der Waals surface area (Å²) < 4.78 is 5.20. The van der Waals surface area contributed by atoms with Gasteiger partial charge < -0.3 is 4.74 Å². The molecule has 1 aromatic rings. The molecule has 0 unspecified atom stereocenters. The number of nitro groups is 1. The van der Waals surface area contributed by atoms with Gasteiger partial charge in [-0.15, -0.1) is 0 Å². The Balaban J connectivity index is 3.45. The minimum absolute atomic E-state index is 0.0330. The number of hydrogen-bond acceptors (Lipinski definition) is 4. The number of rotatable bonds is 2. The lowest BCUT2D eigenvalue weighted by Crippen LogP contribution is -1.95.